The van der Waals surface area contributed by atoms with Gasteiger partial charge in [-0.15, -0.1) is 0 Å². The summed E-state index contributed by atoms with van der Waals surface area (Å²) >= 11 is 0. The molecule has 0 saturated carbocycles. The summed E-state index contributed by atoms with van der Waals surface area (Å²) in [6, 6.07) is 2.03. The molecule has 0 saturated heterocycles. The second-order valence-corrected chi connectivity index (χ2v) is 4.48. The zero-order chi connectivity index (χ0) is 13.0. The lowest BCUT2D eigenvalue weighted by atomic mass is 10.1. The summed E-state index contributed by atoms with van der Waals surface area (Å²) < 4.78 is 7.22. The van der Waals surface area contributed by atoms with E-state index in [1.807, 2.05) is 17.7 Å². The molecule has 5 nitrogen and oxygen atoms in total. The SMILES string of the molecule is CCC(CC#N)OC(=O)c1cnn2c1CCCC2. The molecule has 0 spiro atoms. The van der Waals surface area contributed by atoms with Crippen molar-refractivity contribution in [3.63, 3.8) is 0 Å². The molecule has 18 heavy (non-hydrogen) atoms. The quantitative estimate of drug-likeness (QED) is 0.764. The number of ether oxygens (including phenoxy) is 1. The van der Waals surface area contributed by atoms with Crippen molar-refractivity contribution < 1.29 is 9.53 Å². The maximum atomic E-state index is 12.0. The number of hydrogen-bond donors (Lipinski definition) is 0. The van der Waals surface area contributed by atoms with E-state index in [0.717, 1.165) is 31.5 Å². The summed E-state index contributed by atoms with van der Waals surface area (Å²) in [6.45, 7) is 2.78. The monoisotopic (exact) mass is 247 g/mol. The van der Waals surface area contributed by atoms with E-state index in [1.54, 1.807) is 6.20 Å². The van der Waals surface area contributed by atoms with Gasteiger partial charge < -0.3 is 4.74 Å². The predicted octanol–water partition coefficient (Wildman–Crippen LogP) is 2.07. The third-order valence-electron chi connectivity index (χ3n) is 3.25. The standard InChI is InChI=1S/C13H17N3O2/c1-2-10(6-7-14)18-13(17)11-9-15-16-8-4-3-5-12(11)16/h9-10H,2-6,8H2,1H3. The topological polar surface area (TPSA) is 67.9 Å². The molecule has 0 bridgehead atoms. The number of nitriles is 1. The Balaban J connectivity index is 2.09. The number of carbonyl (C=O) groups excluding carboxylic acids is 1. The van der Waals surface area contributed by atoms with Crippen LogP contribution in [-0.4, -0.2) is 21.9 Å². The van der Waals surface area contributed by atoms with Crippen molar-refractivity contribution in [1.29, 1.82) is 5.26 Å². The van der Waals surface area contributed by atoms with Crippen LogP contribution in [0, 0.1) is 11.3 Å². The fraction of sp³-hybridized carbons (Fsp3) is 0.615. The molecule has 0 radical (unpaired) electrons. The van der Waals surface area contributed by atoms with Gasteiger partial charge in [0.15, 0.2) is 0 Å². The van der Waals surface area contributed by atoms with Crippen LogP contribution in [-0.2, 0) is 17.7 Å². The molecule has 5 heteroatoms. The number of aryl methyl sites for hydroxylation is 1. The lowest BCUT2D eigenvalue weighted by Crippen LogP contribution is -2.19. The van der Waals surface area contributed by atoms with E-state index in [1.165, 1.54) is 0 Å². The van der Waals surface area contributed by atoms with Crippen molar-refractivity contribution in [3.8, 4) is 6.07 Å². The lowest BCUT2D eigenvalue weighted by Gasteiger charge is -2.16. The maximum absolute atomic E-state index is 12.0. The Bertz CT molecular complexity index is 473. The van der Waals surface area contributed by atoms with Gasteiger partial charge in [-0.1, -0.05) is 6.92 Å². The Morgan fingerprint density at radius 2 is 2.50 bits per heavy atom. The highest BCUT2D eigenvalue weighted by molar-refractivity contribution is 5.90. The highest BCUT2D eigenvalue weighted by Crippen LogP contribution is 2.19. The molecule has 1 unspecified atom stereocenters. The van der Waals surface area contributed by atoms with Crippen LogP contribution in [0.2, 0.25) is 0 Å². The summed E-state index contributed by atoms with van der Waals surface area (Å²) in [7, 11) is 0. The van der Waals surface area contributed by atoms with Crippen LogP contribution < -0.4 is 0 Å². The molecule has 0 N–H and O–H groups in total. The van der Waals surface area contributed by atoms with Gasteiger partial charge >= 0.3 is 5.97 Å². The zero-order valence-electron chi connectivity index (χ0n) is 10.6. The molecule has 0 fully saturated rings. The van der Waals surface area contributed by atoms with E-state index in [9.17, 15) is 4.79 Å². The highest BCUT2D eigenvalue weighted by atomic mass is 16.5. The van der Waals surface area contributed by atoms with Crippen LogP contribution in [0.25, 0.3) is 0 Å². The smallest absolute Gasteiger partial charge is 0.341 e. The number of nitrogens with zero attached hydrogens (tertiary/aromatic N) is 3. The second kappa shape index (κ2) is 5.67. The first-order chi connectivity index (χ1) is 8.76. The van der Waals surface area contributed by atoms with Gasteiger partial charge in [-0.05, 0) is 25.7 Å². The first kappa shape index (κ1) is 12.6. The van der Waals surface area contributed by atoms with Crippen LogP contribution in [0.4, 0.5) is 0 Å². The van der Waals surface area contributed by atoms with Gasteiger partial charge in [0.1, 0.15) is 11.7 Å². The molecule has 0 aliphatic carbocycles. The first-order valence-corrected chi connectivity index (χ1v) is 6.38. The highest BCUT2D eigenvalue weighted by Gasteiger charge is 2.22. The van der Waals surface area contributed by atoms with E-state index in [2.05, 4.69) is 5.10 Å². The largest absolute Gasteiger partial charge is 0.458 e. The van der Waals surface area contributed by atoms with Crippen molar-refractivity contribution in [2.45, 2.75) is 51.7 Å². The lowest BCUT2D eigenvalue weighted by molar-refractivity contribution is 0.0302. The summed E-state index contributed by atoms with van der Waals surface area (Å²) in [5.41, 5.74) is 1.53. The van der Waals surface area contributed by atoms with Gasteiger partial charge in [-0.3, -0.25) is 4.68 Å². The van der Waals surface area contributed by atoms with Crippen molar-refractivity contribution in [2.75, 3.05) is 0 Å². The average molecular weight is 247 g/mol. The molecular formula is C13H17N3O2. The minimum atomic E-state index is -0.347. The molecule has 0 aromatic carbocycles. The molecule has 96 valence electrons. The van der Waals surface area contributed by atoms with Crippen molar-refractivity contribution in [2.24, 2.45) is 0 Å². The third-order valence-corrected chi connectivity index (χ3v) is 3.25. The van der Waals surface area contributed by atoms with E-state index in [4.69, 9.17) is 10.00 Å². The Morgan fingerprint density at radius 3 is 3.22 bits per heavy atom. The summed E-state index contributed by atoms with van der Waals surface area (Å²) in [5.74, 6) is -0.347. The van der Waals surface area contributed by atoms with Crippen LogP contribution in [0.15, 0.2) is 6.20 Å². The Morgan fingerprint density at radius 1 is 1.67 bits per heavy atom. The molecular weight excluding hydrogens is 230 g/mol. The second-order valence-electron chi connectivity index (χ2n) is 4.48. The summed E-state index contributed by atoms with van der Waals surface area (Å²) in [5, 5.41) is 12.9. The number of aromatic nitrogens is 2. The zero-order valence-corrected chi connectivity index (χ0v) is 10.6. The van der Waals surface area contributed by atoms with Crippen molar-refractivity contribution in [3.05, 3.63) is 17.5 Å². The number of hydrogen-bond acceptors (Lipinski definition) is 4. The van der Waals surface area contributed by atoms with E-state index < -0.39 is 0 Å². The molecule has 0 amide bonds. The molecule has 2 heterocycles. The van der Waals surface area contributed by atoms with Gasteiger partial charge in [0.05, 0.1) is 24.4 Å². The fourth-order valence-electron chi connectivity index (χ4n) is 2.18. The number of carbonyl (C=O) groups is 1. The van der Waals surface area contributed by atoms with Crippen molar-refractivity contribution in [1.82, 2.24) is 9.78 Å². The Kier molecular flexibility index (Phi) is 3.98. The van der Waals surface area contributed by atoms with E-state index in [0.29, 0.717) is 12.0 Å². The molecule has 1 aromatic rings. The molecule has 1 atom stereocenters. The number of fused-ring (bicyclic) bond motifs is 1. The van der Waals surface area contributed by atoms with Gasteiger partial charge in [0, 0.05) is 6.54 Å². The third kappa shape index (κ3) is 2.53. The minimum Gasteiger partial charge on any atom is -0.458 e. The summed E-state index contributed by atoms with van der Waals surface area (Å²) in [6.07, 6.45) is 5.23. The predicted molar refractivity (Wildman–Crippen MR) is 64.9 cm³/mol. The Hall–Kier alpha value is -1.83. The van der Waals surface area contributed by atoms with Crippen LogP contribution in [0.1, 0.15) is 48.7 Å². The first-order valence-electron chi connectivity index (χ1n) is 6.38. The van der Waals surface area contributed by atoms with Gasteiger partial charge in [0.2, 0.25) is 0 Å². The number of rotatable bonds is 4. The molecule has 1 aliphatic heterocycles. The summed E-state index contributed by atoms with van der Waals surface area (Å²) in [4.78, 5) is 12.0. The normalized spacial score (nSPS) is 15.6. The average Bonchev–Trinajstić information content (AvgIpc) is 2.82. The number of esters is 1. The molecule has 2 rings (SSSR count). The van der Waals surface area contributed by atoms with Crippen LogP contribution >= 0.6 is 0 Å². The fourth-order valence-corrected chi connectivity index (χ4v) is 2.18. The van der Waals surface area contributed by atoms with Gasteiger partial charge in [0.25, 0.3) is 0 Å². The maximum Gasteiger partial charge on any atom is 0.341 e. The van der Waals surface area contributed by atoms with E-state index >= 15 is 0 Å². The van der Waals surface area contributed by atoms with Crippen molar-refractivity contribution >= 4 is 5.97 Å². The van der Waals surface area contributed by atoms with Crippen LogP contribution in [0.3, 0.4) is 0 Å². The minimum absolute atomic E-state index is 0.242. The Labute approximate surface area is 106 Å². The van der Waals surface area contributed by atoms with E-state index in [-0.39, 0.29) is 18.5 Å². The van der Waals surface area contributed by atoms with Crippen LogP contribution in [0.5, 0.6) is 0 Å². The molecule has 1 aliphatic rings. The molecule has 1 aromatic heterocycles. The van der Waals surface area contributed by atoms with Gasteiger partial charge in [-0.2, -0.15) is 10.4 Å². The van der Waals surface area contributed by atoms with Gasteiger partial charge in [-0.25, -0.2) is 4.79 Å².